The van der Waals surface area contributed by atoms with Gasteiger partial charge in [0, 0.05) is 16.3 Å². The van der Waals surface area contributed by atoms with Crippen molar-refractivity contribution in [1.29, 1.82) is 0 Å². The molecule has 34 heavy (non-hydrogen) atoms. The molecule has 0 atom stereocenters. The van der Waals surface area contributed by atoms with Gasteiger partial charge >= 0.3 is 5.97 Å². The number of benzene rings is 2. The van der Waals surface area contributed by atoms with Crippen LogP contribution in [0.5, 0.6) is 5.75 Å². The van der Waals surface area contributed by atoms with Gasteiger partial charge in [-0.25, -0.2) is 9.18 Å². The van der Waals surface area contributed by atoms with E-state index in [9.17, 15) is 18.8 Å². The number of anilines is 1. The van der Waals surface area contributed by atoms with Crippen LogP contribution in [0.1, 0.15) is 34.7 Å². The predicted molar refractivity (Wildman–Crippen MR) is 127 cm³/mol. The fourth-order valence-corrected chi connectivity index (χ4v) is 4.23. The van der Waals surface area contributed by atoms with Gasteiger partial charge in [0.15, 0.2) is 5.69 Å². The Morgan fingerprint density at radius 3 is 2.41 bits per heavy atom. The smallest absolute Gasteiger partial charge is 0.359 e. The molecule has 0 fully saturated rings. The fourth-order valence-electron chi connectivity index (χ4n) is 3.29. The van der Waals surface area contributed by atoms with E-state index in [0.717, 1.165) is 16.0 Å². The Hall–Kier alpha value is -4.05. The lowest BCUT2D eigenvalue weighted by molar-refractivity contribution is 0.0520. The molecule has 174 valence electrons. The number of aromatic nitrogens is 2. The summed E-state index contributed by atoms with van der Waals surface area (Å²) in [5.74, 6) is -1.00. The topological polar surface area (TPSA) is 99.5 Å². The van der Waals surface area contributed by atoms with E-state index in [1.165, 1.54) is 24.3 Å². The average molecular weight is 482 g/mol. The van der Waals surface area contributed by atoms with E-state index in [0.29, 0.717) is 17.9 Å². The van der Waals surface area contributed by atoms with Gasteiger partial charge in [-0.2, -0.15) is 9.78 Å². The maximum atomic E-state index is 13.4. The molecule has 1 N–H and O–H groups in total. The molecule has 10 heteroatoms. The molecule has 0 aliphatic carbocycles. The van der Waals surface area contributed by atoms with Crippen molar-refractivity contribution >= 4 is 39.0 Å². The molecule has 2 aromatic heterocycles. The van der Waals surface area contributed by atoms with Crippen LogP contribution >= 0.6 is 11.3 Å². The molecular weight excluding hydrogens is 461 g/mol. The molecule has 0 spiro atoms. The Kier molecular flexibility index (Phi) is 6.69. The van der Waals surface area contributed by atoms with Crippen LogP contribution in [-0.4, -0.2) is 34.9 Å². The Labute approximate surface area is 197 Å². The lowest BCUT2D eigenvalue weighted by Gasteiger charge is -2.10. The quantitative estimate of drug-likeness (QED) is 0.393. The standard InChI is InChI=1S/C24H20FN3O5S/c1-3-32-17-11-5-14(6-12-17)21(29)26-22-19-18(13-34-22)20(24(31)33-4-2)27-28(23(19)30)16-9-7-15(25)8-10-16/h5-13H,3-4H2,1-2H3,(H,26,29). The normalized spacial score (nSPS) is 10.8. The summed E-state index contributed by atoms with van der Waals surface area (Å²) in [5, 5.41) is 9.11. The summed E-state index contributed by atoms with van der Waals surface area (Å²) in [4.78, 5) is 38.8. The molecule has 0 radical (unpaired) electrons. The number of nitrogens with one attached hydrogen (secondary N) is 1. The third-order valence-corrected chi connectivity index (χ3v) is 5.74. The first kappa shape index (κ1) is 23.1. The van der Waals surface area contributed by atoms with Gasteiger partial charge in [0.1, 0.15) is 16.6 Å². The van der Waals surface area contributed by atoms with Crippen LogP contribution in [-0.2, 0) is 4.74 Å². The van der Waals surface area contributed by atoms with Crippen molar-refractivity contribution in [2.75, 3.05) is 18.5 Å². The average Bonchev–Trinajstić information content (AvgIpc) is 3.25. The molecule has 4 aromatic rings. The Bertz CT molecular complexity index is 1410. The molecule has 8 nitrogen and oxygen atoms in total. The van der Waals surface area contributed by atoms with Crippen molar-refractivity contribution in [3.8, 4) is 11.4 Å². The lowest BCUT2D eigenvalue weighted by Crippen LogP contribution is -2.25. The first-order valence-corrected chi connectivity index (χ1v) is 11.3. The highest BCUT2D eigenvalue weighted by Crippen LogP contribution is 2.31. The fraction of sp³-hybridized carbons (Fsp3) is 0.167. The zero-order chi connectivity index (χ0) is 24.2. The second-order valence-electron chi connectivity index (χ2n) is 7.03. The van der Waals surface area contributed by atoms with Gasteiger partial charge in [0.2, 0.25) is 0 Å². The van der Waals surface area contributed by atoms with Gasteiger partial charge in [0.25, 0.3) is 11.5 Å². The molecule has 0 aliphatic heterocycles. The van der Waals surface area contributed by atoms with Gasteiger partial charge in [-0.05, 0) is 62.4 Å². The van der Waals surface area contributed by atoms with Crippen molar-refractivity contribution in [3.05, 3.63) is 81.3 Å². The molecule has 2 heterocycles. The highest BCUT2D eigenvalue weighted by Gasteiger charge is 2.23. The number of thiophene rings is 1. The van der Waals surface area contributed by atoms with Crippen LogP contribution in [0.25, 0.3) is 16.5 Å². The number of carbonyl (C=O) groups excluding carboxylic acids is 2. The molecule has 0 saturated heterocycles. The zero-order valence-corrected chi connectivity index (χ0v) is 19.1. The summed E-state index contributed by atoms with van der Waals surface area (Å²) in [5.41, 5.74) is -0.0335. The summed E-state index contributed by atoms with van der Waals surface area (Å²) < 4.78 is 24.9. The van der Waals surface area contributed by atoms with Gasteiger partial charge in [-0.1, -0.05) is 0 Å². The lowest BCUT2D eigenvalue weighted by atomic mass is 10.2. The number of nitrogens with zero attached hydrogens (tertiary/aromatic N) is 2. The minimum atomic E-state index is -0.717. The van der Waals surface area contributed by atoms with Crippen molar-refractivity contribution < 1.29 is 23.5 Å². The zero-order valence-electron chi connectivity index (χ0n) is 18.3. The molecular formula is C24H20FN3O5S. The van der Waals surface area contributed by atoms with E-state index < -0.39 is 23.3 Å². The van der Waals surface area contributed by atoms with E-state index >= 15 is 0 Å². The first-order valence-electron chi connectivity index (χ1n) is 10.4. The number of hydrogen-bond acceptors (Lipinski definition) is 7. The van der Waals surface area contributed by atoms with Crippen LogP contribution < -0.4 is 15.6 Å². The van der Waals surface area contributed by atoms with E-state index in [1.54, 1.807) is 36.6 Å². The maximum absolute atomic E-state index is 13.4. The predicted octanol–water partition coefficient (Wildman–Crippen LogP) is 4.41. The van der Waals surface area contributed by atoms with Crippen molar-refractivity contribution in [1.82, 2.24) is 9.78 Å². The van der Waals surface area contributed by atoms with Gasteiger partial charge in [0.05, 0.1) is 24.3 Å². The number of amides is 1. The number of fused-ring (bicyclic) bond motifs is 1. The van der Waals surface area contributed by atoms with Crippen LogP contribution in [0.2, 0.25) is 0 Å². The van der Waals surface area contributed by atoms with Crippen molar-refractivity contribution in [2.24, 2.45) is 0 Å². The van der Waals surface area contributed by atoms with Crippen LogP contribution in [0, 0.1) is 5.82 Å². The highest BCUT2D eigenvalue weighted by molar-refractivity contribution is 7.16. The number of hydrogen-bond donors (Lipinski definition) is 1. The number of halogens is 1. The third-order valence-electron chi connectivity index (χ3n) is 4.85. The molecule has 0 aliphatic rings. The van der Waals surface area contributed by atoms with E-state index in [2.05, 4.69) is 10.4 Å². The van der Waals surface area contributed by atoms with E-state index in [1.807, 2.05) is 6.92 Å². The van der Waals surface area contributed by atoms with Crippen molar-refractivity contribution in [2.45, 2.75) is 13.8 Å². The largest absolute Gasteiger partial charge is 0.494 e. The Balaban J connectivity index is 1.80. The summed E-state index contributed by atoms with van der Waals surface area (Å²) in [7, 11) is 0. The van der Waals surface area contributed by atoms with Crippen LogP contribution in [0.15, 0.2) is 58.7 Å². The minimum Gasteiger partial charge on any atom is -0.494 e. The molecule has 0 unspecified atom stereocenters. The van der Waals surface area contributed by atoms with Gasteiger partial charge < -0.3 is 14.8 Å². The maximum Gasteiger partial charge on any atom is 0.359 e. The third kappa shape index (κ3) is 4.53. The van der Waals surface area contributed by atoms with Gasteiger partial charge in [-0.3, -0.25) is 9.59 Å². The molecule has 0 saturated carbocycles. The summed E-state index contributed by atoms with van der Waals surface area (Å²) in [6, 6.07) is 11.7. The molecule has 2 aromatic carbocycles. The van der Waals surface area contributed by atoms with Crippen LogP contribution in [0.3, 0.4) is 0 Å². The second kappa shape index (κ2) is 9.84. The molecule has 4 rings (SSSR count). The minimum absolute atomic E-state index is 0.0846. The SMILES string of the molecule is CCOC(=O)c1nn(-c2ccc(F)cc2)c(=O)c2c(NC(=O)c3ccc(OCC)cc3)scc12. The number of esters is 1. The summed E-state index contributed by atoms with van der Waals surface area (Å²) in [6.07, 6.45) is 0. The van der Waals surface area contributed by atoms with E-state index in [4.69, 9.17) is 9.47 Å². The number of carbonyl (C=O) groups is 2. The van der Waals surface area contributed by atoms with Gasteiger partial charge in [-0.15, -0.1) is 11.3 Å². The Morgan fingerprint density at radius 2 is 1.76 bits per heavy atom. The molecule has 1 amide bonds. The number of ether oxygens (including phenoxy) is 2. The monoisotopic (exact) mass is 481 g/mol. The highest BCUT2D eigenvalue weighted by atomic mass is 32.1. The second-order valence-corrected chi connectivity index (χ2v) is 7.91. The number of rotatable bonds is 7. The Morgan fingerprint density at radius 1 is 1.06 bits per heavy atom. The van der Waals surface area contributed by atoms with E-state index in [-0.39, 0.29) is 33.8 Å². The van der Waals surface area contributed by atoms with Crippen LogP contribution in [0.4, 0.5) is 9.39 Å². The first-order chi connectivity index (χ1) is 16.4. The summed E-state index contributed by atoms with van der Waals surface area (Å²) >= 11 is 1.09. The molecule has 0 bridgehead atoms. The summed E-state index contributed by atoms with van der Waals surface area (Å²) in [6.45, 7) is 4.13. The van der Waals surface area contributed by atoms with Crippen molar-refractivity contribution in [3.63, 3.8) is 0 Å².